The molecule has 26 heavy (non-hydrogen) atoms. The lowest BCUT2D eigenvalue weighted by Gasteiger charge is -2.34. The van der Waals surface area contributed by atoms with Crippen LogP contribution in [0.1, 0.15) is 38.9 Å². The summed E-state index contributed by atoms with van der Waals surface area (Å²) in [6.45, 7) is 6.07. The van der Waals surface area contributed by atoms with Gasteiger partial charge < -0.3 is 14.6 Å². The van der Waals surface area contributed by atoms with Crippen LogP contribution < -0.4 is 5.32 Å². The van der Waals surface area contributed by atoms with Crippen molar-refractivity contribution in [1.82, 2.24) is 14.9 Å². The van der Waals surface area contributed by atoms with Crippen LogP contribution >= 0.6 is 0 Å². The predicted octanol–water partition coefficient (Wildman–Crippen LogP) is 2.83. The summed E-state index contributed by atoms with van der Waals surface area (Å²) in [6.07, 6.45) is 3.33. The zero-order valence-corrected chi connectivity index (χ0v) is 15.7. The summed E-state index contributed by atoms with van der Waals surface area (Å²) in [5, 5.41) is 3.02. The number of aromatic nitrogens is 2. The number of carbonyl (C=O) groups is 2. The molecule has 0 aliphatic heterocycles. The van der Waals surface area contributed by atoms with Gasteiger partial charge in [0.25, 0.3) is 5.91 Å². The number of aryl methyl sites for hydroxylation is 1. The van der Waals surface area contributed by atoms with E-state index in [-0.39, 0.29) is 25.1 Å². The number of rotatable bonds is 5. The molecule has 6 heteroatoms. The molecule has 2 aromatic rings. The van der Waals surface area contributed by atoms with Gasteiger partial charge in [-0.25, -0.2) is 4.98 Å². The van der Waals surface area contributed by atoms with E-state index >= 15 is 0 Å². The first-order valence-electron chi connectivity index (χ1n) is 9.32. The average molecular weight is 357 g/mol. The van der Waals surface area contributed by atoms with Gasteiger partial charge in [-0.15, -0.1) is 0 Å². The number of esters is 1. The highest BCUT2D eigenvalue weighted by Crippen LogP contribution is 2.29. The molecule has 1 heterocycles. The van der Waals surface area contributed by atoms with Crippen molar-refractivity contribution in [2.75, 3.05) is 6.61 Å². The molecule has 1 N–H and O–H groups in total. The molecule has 1 saturated carbocycles. The van der Waals surface area contributed by atoms with Gasteiger partial charge in [-0.2, -0.15) is 0 Å². The summed E-state index contributed by atoms with van der Waals surface area (Å²) in [7, 11) is 0. The molecule has 3 rings (SSSR count). The highest BCUT2D eigenvalue weighted by Gasteiger charge is 2.28. The van der Waals surface area contributed by atoms with Crippen LogP contribution in [0.5, 0.6) is 0 Å². The van der Waals surface area contributed by atoms with Gasteiger partial charge in [0.15, 0.2) is 6.61 Å². The summed E-state index contributed by atoms with van der Waals surface area (Å²) in [4.78, 5) is 28.7. The number of nitrogens with one attached hydrogen (secondary N) is 1. The lowest BCUT2D eigenvalue weighted by molar-refractivity contribution is -0.149. The molecule has 0 bridgehead atoms. The van der Waals surface area contributed by atoms with E-state index in [1.54, 1.807) is 4.57 Å². The molecular formula is C20H27N3O3. The van der Waals surface area contributed by atoms with E-state index in [9.17, 15) is 9.59 Å². The highest BCUT2D eigenvalue weighted by molar-refractivity contribution is 5.82. The fraction of sp³-hybridized carbons (Fsp3) is 0.550. The first-order valence-corrected chi connectivity index (χ1v) is 9.32. The monoisotopic (exact) mass is 357 g/mol. The Morgan fingerprint density at radius 1 is 1.27 bits per heavy atom. The maximum absolute atomic E-state index is 12.2. The molecule has 3 unspecified atom stereocenters. The quantitative estimate of drug-likeness (QED) is 0.835. The Balaban J connectivity index is 1.52. The summed E-state index contributed by atoms with van der Waals surface area (Å²) in [6, 6.07) is 7.81. The maximum atomic E-state index is 12.2. The lowest BCUT2D eigenvalue weighted by Crippen LogP contribution is -2.45. The fourth-order valence-corrected chi connectivity index (χ4v) is 3.75. The Bertz CT molecular complexity index is 799. The third-order valence-electron chi connectivity index (χ3n) is 5.55. The molecule has 1 aliphatic rings. The second-order valence-electron chi connectivity index (χ2n) is 7.34. The van der Waals surface area contributed by atoms with Crippen molar-refractivity contribution >= 4 is 22.9 Å². The second kappa shape index (κ2) is 7.89. The largest absolute Gasteiger partial charge is 0.454 e. The van der Waals surface area contributed by atoms with Crippen molar-refractivity contribution in [1.29, 1.82) is 0 Å². The van der Waals surface area contributed by atoms with Gasteiger partial charge in [0.2, 0.25) is 0 Å². The molecule has 6 nitrogen and oxygen atoms in total. The molecule has 3 atom stereocenters. The number of carbonyl (C=O) groups excluding carboxylic acids is 2. The molecule has 1 amide bonds. The van der Waals surface area contributed by atoms with Crippen molar-refractivity contribution in [2.45, 2.75) is 52.6 Å². The number of hydrogen-bond donors (Lipinski definition) is 1. The van der Waals surface area contributed by atoms with Crippen LogP contribution in [-0.2, 0) is 20.9 Å². The smallest absolute Gasteiger partial charge is 0.326 e. The first kappa shape index (κ1) is 18.4. The lowest BCUT2D eigenvalue weighted by atomic mass is 9.78. The molecule has 0 spiro atoms. The number of amides is 1. The predicted molar refractivity (Wildman–Crippen MR) is 99.5 cm³/mol. The third-order valence-corrected chi connectivity index (χ3v) is 5.55. The van der Waals surface area contributed by atoms with Crippen molar-refractivity contribution in [3.05, 3.63) is 30.1 Å². The number of benzene rings is 1. The van der Waals surface area contributed by atoms with Crippen LogP contribution in [0, 0.1) is 18.8 Å². The van der Waals surface area contributed by atoms with Gasteiger partial charge in [-0.05, 0) is 37.3 Å². The van der Waals surface area contributed by atoms with Gasteiger partial charge in [0.05, 0.1) is 11.0 Å². The SMILES string of the molecule is Cc1nc2ccccc2n1CC(=O)OCC(=O)NC1CCCC(C)C1C. The van der Waals surface area contributed by atoms with E-state index in [1.165, 1.54) is 6.42 Å². The van der Waals surface area contributed by atoms with Crippen LogP contribution in [0.4, 0.5) is 0 Å². The van der Waals surface area contributed by atoms with Crippen LogP contribution in [0.2, 0.25) is 0 Å². The van der Waals surface area contributed by atoms with E-state index in [2.05, 4.69) is 24.1 Å². The Morgan fingerprint density at radius 3 is 2.85 bits per heavy atom. The molecule has 1 fully saturated rings. The normalized spacial score (nSPS) is 23.0. The van der Waals surface area contributed by atoms with Gasteiger partial charge in [0, 0.05) is 6.04 Å². The van der Waals surface area contributed by atoms with E-state index in [0.717, 1.165) is 29.7 Å². The minimum Gasteiger partial charge on any atom is -0.454 e. The zero-order valence-electron chi connectivity index (χ0n) is 15.7. The minimum atomic E-state index is -0.434. The Hall–Kier alpha value is -2.37. The zero-order chi connectivity index (χ0) is 18.7. The molecule has 0 saturated heterocycles. The summed E-state index contributed by atoms with van der Waals surface area (Å²) in [5.74, 6) is 1.14. The second-order valence-corrected chi connectivity index (χ2v) is 7.34. The molecule has 1 aromatic heterocycles. The van der Waals surface area contributed by atoms with Gasteiger partial charge >= 0.3 is 5.97 Å². The Morgan fingerprint density at radius 2 is 2.04 bits per heavy atom. The van der Waals surface area contributed by atoms with Crippen LogP contribution in [0.25, 0.3) is 11.0 Å². The molecule has 1 aliphatic carbocycles. The number of ether oxygens (including phenoxy) is 1. The van der Waals surface area contributed by atoms with E-state index in [4.69, 9.17) is 4.74 Å². The number of nitrogens with zero attached hydrogens (tertiary/aromatic N) is 2. The first-order chi connectivity index (χ1) is 12.5. The van der Waals surface area contributed by atoms with Crippen LogP contribution in [-0.4, -0.2) is 34.1 Å². The van der Waals surface area contributed by atoms with Crippen LogP contribution in [0.15, 0.2) is 24.3 Å². The van der Waals surface area contributed by atoms with E-state index in [0.29, 0.717) is 11.8 Å². The number of imidazole rings is 1. The van der Waals surface area contributed by atoms with Crippen molar-refractivity contribution in [3.8, 4) is 0 Å². The van der Waals surface area contributed by atoms with Gasteiger partial charge in [0.1, 0.15) is 12.4 Å². The number of para-hydroxylation sites is 2. The van der Waals surface area contributed by atoms with Crippen LogP contribution in [0.3, 0.4) is 0 Å². The molecular weight excluding hydrogens is 330 g/mol. The molecule has 0 radical (unpaired) electrons. The van der Waals surface area contributed by atoms with Crippen molar-refractivity contribution < 1.29 is 14.3 Å². The highest BCUT2D eigenvalue weighted by atomic mass is 16.5. The average Bonchev–Trinajstić information content (AvgIpc) is 2.93. The van der Waals surface area contributed by atoms with Gasteiger partial charge in [-0.3, -0.25) is 9.59 Å². The topological polar surface area (TPSA) is 73.2 Å². The fourth-order valence-electron chi connectivity index (χ4n) is 3.75. The number of fused-ring (bicyclic) bond motifs is 1. The summed E-state index contributed by atoms with van der Waals surface area (Å²) >= 11 is 0. The maximum Gasteiger partial charge on any atom is 0.326 e. The Kier molecular flexibility index (Phi) is 5.59. The van der Waals surface area contributed by atoms with Crippen molar-refractivity contribution in [3.63, 3.8) is 0 Å². The minimum absolute atomic E-state index is 0.0521. The molecule has 1 aromatic carbocycles. The van der Waals surface area contributed by atoms with E-state index < -0.39 is 5.97 Å². The number of hydrogen-bond acceptors (Lipinski definition) is 4. The van der Waals surface area contributed by atoms with Crippen molar-refractivity contribution in [2.24, 2.45) is 11.8 Å². The van der Waals surface area contributed by atoms with Gasteiger partial charge in [-0.1, -0.05) is 38.8 Å². The summed E-state index contributed by atoms with van der Waals surface area (Å²) < 4.78 is 6.99. The third kappa shape index (κ3) is 4.06. The standard InChI is InChI=1S/C20H27N3O3/c1-13-7-6-9-16(14(13)2)22-19(24)12-26-20(25)11-23-15(3)21-17-8-4-5-10-18(17)23/h4-5,8,10,13-14,16H,6-7,9,11-12H2,1-3H3,(H,22,24). The Labute approximate surface area is 153 Å². The van der Waals surface area contributed by atoms with E-state index in [1.807, 2.05) is 31.2 Å². The summed E-state index contributed by atoms with van der Waals surface area (Å²) in [5.41, 5.74) is 1.73. The molecule has 140 valence electrons.